The number of aryl methyl sites for hydroxylation is 1. The SMILES string of the molecule is Cc1cc(C(C)(C)C)ccc1N1c2cc3c(cc2B2c4cc5c(cc4N(c4cccc6sc7ccccc7c46)c4cc(C(C)(C)C)cc1c42)C(C)(C)CCC5(C)C)C(C)(C)CC3(C)C. The van der Waals surface area contributed by atoms with E-state index in [4.69, 9.17) is 0 Å². The van der Waals surface area contributed by atoms with Crippen molar-refractivity contribution in [3.8, 4) is 0 Å². The number of benzene rings is 6. The lowest BCUT2D eigenvalue weighted by Crippen LogP contribution is -2.62. The van der Waals surface area contributed by atoms with Gasteiger partial charge in [-0.1, -0.05) is 145 Å². The van der Waals surface area contributed by atoms with E-state index in [0.29, 0.717) is 0 Å². The minimum Gasteiger partial charge on any atom is -0.311 e. The molecule has 0 radical (unpaired) electrons. The Morgan fingerprint density at radius 2 is 1.00 bits per heavy atom. The first kappa shape index (κ1) is 41.9. The monoisotopic (exact) mass is 859 g/mol. The fourth-order valence-corrected chi connectivity index (χ4v) is 13.9. The van der Waals surface area contributed by atoms with Gasteiger partial charge < -0.3 is 9.80 Å². The third-order valence-electron chi connectivity index (χ3n) is 16.3. The van der Waals surface area contributed by atoms with E-state index >= 15 is 0 Å². The van der Waals surface area contributed by atoms with Crippen LogP contribution in [0.4, 0.5) is 34.1 Å². The summed E-state index contributed by atoms with van der Waals surface area (Å²) in [6.45, 7) is 36.5. The highest BCUT2D eigenvalue weighted by molar-refractivity contribution is 7.26. The summed E-state index contributed by atoms with van der Waals surface area (Å²) in [4.78, 5) is 5.44. The zero-order valence-electron chi connectivity index (χ0n) is 41.2. The third-order valence-corrected chi connectivity index (χ3v) is 17.4. The molecule has 3 heterocycles. The summed E-state index contributed by atoms with van der Waals surface area (Å²) in [5.74, 6) is 0. The van der Waals surface area contributed by atoms with E-state index in [0.717, 1.165) is 6.42 Å². The lowest BCUT2D eigenvalue weighted by molar-refractivity contribution is 0.332. The maximum Gasteiger partial charge on any atom is 0.252 e. The molecule has 0 amide bonds. The largest absolute Gasteiger partial charge is 0.311 e. The van der Waals surface area contributed by atoms with Crippen LogP contribution in [-0.2, 0) is 32.5 Å². The van der Waals surface area contributed by atoms with Crippen molar-refractivity contribution >= 4 is 88.7 Å². The molecule has 0 spiro atoms. The standard InChI is InChI=1S/C60H67BN2S/c1-35-27-36(55(2,3)4)23-24-45(35)62-47-33-42-40(59(12,13)34-60(42,14)15)31-44(47)61-43-30-39-41(58(10,11)26-25-57(39,8)9)32-48(43)63(50-29-37(56(5,6)7)28-49(62)54(50)61)46-20-18-22-52-53(46)38-19-16-17-21-51(38)64-52/h16-24,27-33H,25-26,34H2,1-15H3. The maximum atomic E-state index is 2.73. The molecule has 0 atom stereocenters. The average Bonchev–Trinajstić information content (AvgIpc) is 3.68. The van der Waals surface area contributed by atoms with E-state index in [1.54, 1.807) is 0 Å². The van der Waals surface area contributed by atoms with Crippen LogP contribution in [0, 0.1) is 6.92 Å². The van der Waals surface area contributed by atoms with Crippen LogP contribution in [0.3, 0.4) is 0 Å². The minimum atomic E-state index is -0.100. The molecule has 0 fully saturated rings. The molecule has 0 unspecified atom stereocenters. The molecule has 4 aliphatic rings. The van der Waals surface area contributed by atoms with Gasteiger partial charge in [-0.3, -0.25) is 0 Å². The molecule has 6 aromatic carbocycles. The number of nitrogens with zero attached hydrogens (tertiary/aromatic N) is 2. The highest BCUT2D eigenvalue weighted by Gasteiger charge is 2.50. The molecule has 2 aliphatic carbocycles. The van der Waals surface area contributed by atoms with E-state index in [1.807, 2.05) is 11.3 Å². The van der Waals surface area contributed by atoms with Crippen LogP contribution in [0.2, 0.25) is 0 Å². The summed E-state index contributed by atoms with van der Waals surface area (Å²) in [7, 11) is 0. The average molecular weight is 859 g/mol. The van der Waals surface area contributed by atoms with Gasteiger partial charge in [0, 0.05) is 48.6 Å². The molecule has 0 saturated carbocycles. The van der Waals surface area contributed by atoms with Crippen LogP contribution < -0.4 is 26.2 Å². The Labute approximate surface area is 388 Å². The lowest BCUT2D eigenvalue weighted by Gasteiger charge is -2.48. The molecule has 4 heteroatoms. The van der Waals surface area contributed by atoms with Gasteiger partial charge in [0.25, 0.3) is 6.71 Å². The second kappa shape index (κ2) is 13.2. The first-order valence-electron chi connectivity index (χ1n) is 24.1. The maximum absolute atomic E-state index is 2.73. The first-order chi connectivity index (χ1) is 29.9. The summed E-state index contributed by atoms with van der Waals surface area (Å²) in [5.41, 5.74) is 22.4. The van der Waals surface area contributed by atoms with Crippen molar-refractivity contribution in [1.29, 1.82) is 0 Å². The fourth-order valence-electron chi connectivity index (χ4n) is 12.8. The zero-order valence-corrected chi connectivity index (χ0v) is 42.1. The third kappa shape index (κ3) is 5.95. The van der Waals surface area contributed by atoms with Crippen molar-refractivity contribution in [2.75, 3.05) is 9.80 Å². The molecule has 0 saturated heterocycles. The summed E-state index contributed by atoms with van der Waals surface area (Å²) in [6, 6.07) is 39.3. The Hall–Kier alpha value is -4.80. The molecular formula is C60H67BN2S. The van der Waals surface area contributed by atoms with Gasteiger partial charge in [-0.2, -0.15) is 0 Å². The van der Waals surface area contributed by atoms with E-state index in [9.17, 15) is 0 Å². The Morgan fingerprint density at radius 1 is 0.484 bits per heavy atom. The highest BCUT2D eigenvalue weighted by atomic mass is 32.1. The predicted octanol–water partition coefficient (Wildman–Crippen LogP) is 15.3. The Balaban J connectivity index is 1.33. The summed E-state index contributed by atoms with van der Waals surface area (Å²) in [6.07, 6.45) is 3.49. The number of thiophene rings is 1. The molecule has 2 nitrogen and oxygen atoms in total. The van der Waals surface area contributed by atoms with Gasteiger partial charge in [-0.05, 0) is 163 Å². The first-order valence-corrected chi connectivity index (χ1v) is 24.9. The van der Waals surface area contributed by atoms with Gasteiger partial charge in [0.05, 0.1) is 5.69 Å². The summed E-state index contributed by atoms with van der Waals surface area (Å²) < 4.78 is 2.68. The second-order valence-corrected chi connectivity index (χ2v) is 26.0. The van der Waals surface area contributed by atoms with Crippen molar-refractivity contribution in [2.24, 2.45) is 0 Å². The summed E-state index contributed by atoms with van der Waals surface area (Å²) >= 11 is 1.92. The molecule has 2 aliphatic heterocycles. The van der Waals surface area contributed by atoms with Gasteiger partial charge in [0.2, 0.25) is 0 Å². The van der Waals surface area contributed by atoms with Gasteiger partial charge in [0.15, 0.2) is 0 Å². The van der Waals surface area contributed by atoms with Crippen LogP contribution in [-0.4, -0.2) is 6.71 Å². The van der Waals surface area contributed by atoms with E-state index in [1.165, 1.54) is 122 Å². The van der Waals surface area contributed by atoms with E-state index in [2.05, 4.69) is 211 Å². The number of hydrogen-bond donors (Lipinski definition) is 0. The van der Waals surface area contributed by atoms with Crippen molar-refractivity contribution < 1.29 is 0 Å². The van der Waals surface area contributed by atoms with Crippen molar-refractivity contribution in [3.63, 3.8) is 0 Å². The second-order valence-electron chi connectivity index (χ2n) is 24.9. The number of rotatable bonds is 2. The molecule has 1 aromatic heterocycles. The van der Waals surface area contributed by atoms with Crippen molar-refractivity contribution in [2.45, 2.75) is 156 Å². The van der Waals surface area contributed by atoms with Gasteiger partial charge in [-0.15, -0.1) is 11.3 Å². The normalized spacial score (nSPS) is 18.8. The zero-order chi connectivity index (χ0) is 45.4. The molecule has 326 valence electrons. The van der Waals surface area contributed by atoms with E-state index in [-0.39, 0.29) is 39.2 Å². The van der Waals surface area contributed by atoms with Crippen molar-refractivity contribution in [3.05, 3.63) is 136 Å². The Bertz CT molecular complexity index is 3140. The molecule has 7 aromatic rings. The minimum absolute atomic E-state index is 0.0501. The number of anilines is 6. The van der Waals surface area contributed by atoms with Crippen LogP contribution in [0.15, 0.2) is 97.1 Å². The highest BCUT2D eigenvalue weighted by Crippen LogP contribution is 2.55. The van der Waals surface area contributed by atoms with Gasteiger partial charge in [0.1, 0.15) is 0 Å². The van der Waals surface area contributed by atoms with Gasteiger partial charge >= 0.3 is 0 Å². The van der Waals surface area contributed by atoms with Gasteiger partial charge in [-0.25, -0.2) is 0 Å². The quantitative estimate of drug-likeness (QED) is 0.160. The molecule has 64 heavy (non-hydrogen) atoms. The van der Waals surface area contributed by atoms with Crippen LogP contribution in [0.25, 0.3) is 20.2 Å². The van der Waals surface area contributed by atoms with E-state index < -0.39 is 0 Å². The molecule has 0 bridgehead atoms. The lowest BCUT2D eigenvalue weighted by atomic mass is 9.32. The number of fused-ring (bicyclic) bond motifs is 9. The predicted molar refractivity (Wildman–Crippen MR) is 281 cm³/mol. The Morgan fingerprint density at radius 3 is 1.58 bits per heavy atom. The van der Waals surface area contributed by atoms with Crippen LogP contribution in [0.1, 0.15) is 155 Å². The van der Waals surface area contributed by atoms with Crippen LogP contribution >= 0.6 is 11.3 Å². The molecule has 0 N–H and O–H groups in total. The van der Waals surface area contributed by atoms with Crippen LogP contribution in [0.5, 0.6) is 0 Å². The van der Waals surface area contributed by atoms with Crippen molar-refractivity contribution in [1.82, 2.24) is 0 Å². The summed E-state index contributed by atoms with van der Waals surface area (Å²) in [5, 5.41) is 2.69. The molecular weight excluding hydrogens is 792 g/mol. The number of hydrogen-bond acceptors (Lipinski definition) is 3. The fraction of sp³-hybridized carbons (Fsp3) is 0.400. The molecule has 11 rings (SSSR count). The topological polar surface area (TPSA) is 6.48 Å². The Kier molecular flexibility index (Phi) is 8.63. The smallest absolute Gasteiger partial charge is 0.252 e.